The number of nitrogens with two attached hydrogens (primary N) is 1. The van der Waals surface area contributed by atoms with Crippen molar-refractivity contribution in [3.05, 3.63) is 66.2 Å². The maximum absolute atomic E-state index is 8.28. The summed E-state index contributed by atoms with van der Waals surface area (Å²) in [6, 6.07) is 19.5. The molecule has 2 rings (SSSR count). The molecule has 0 saturated heterocycles. The molecular weight excluding hydrogens is 242 g/mol. The minimum absolute atomic E-state index is 0.458. The summed E-state index contributed by atoms with van der Waals surface area (Å²) >= 11 is 1.21. The molecule has 4 heteroatoms. The van der Waals surface area contributed by atoms with Gasteiger partial charge in [0.2, 0.25) is 0 Å². The minimum atomic E-state index is 0.458. The largest absolute Gasteiger partial charge is 0.315 e. The van der Waals surface area contributed by atoms with Crippen molar-refractivity contribution in [3.63, 3.8) is 0 Å². The Labute approximate surface area is 111 Å². The molecule has 0 aromatic heterocycles. The van der Waals surface area contributed by atoms with E-state index >= 15 is 0 Å². The number of hydrogen-bond acceptors (Lipinski definition) is 3. The van der Waals surface area contributed by atoms with Gasteiger partial charge in [-0.3, -0.25) is 10.5 Å². The highest BCUT2D eigenvalue weighted by Crippen LogP contribution is 2.18. The van der Waals surface area contributed by atoms with E-state index in [1.165, 1.54) is 11.9 Å². The van der Waals surface area contributed by atoms with Crippen LogP contribution in [0.1, 0.15) is 5.56 Å². The number of benzene rings is 2. The van der Waals surface area contributed by atoms with E-state index in [0.717, 1.165) is 11.3 Å². The number of hydrogen-bond donors (Lipinski definition) is 2. The lowest BCUT2D eigenvalue weighted by atomic mass is 10.2. The molecule has 3 N–H and O–H groups in total. The smallest absolute Gasteiger partial charge is 0.133 e. The quantitative estimate of drug-likeness (QED) is 0.383. The van der Waals surface area contributed by atoms with Gasteiger partial charge < -0.3 is 4.90 Å². The third kappa shape index (κ3) is 2.91. The third-order valence-electron chi connectivity index (χ3n) is 2.59. The lowest BCUT2D eigenvalue weighted by Crippen LogP contribution is -2.31. The second kappa shape index (κ2) is 6.23. The van der Waals surface area contributed by atoms with Crippen molar-refractivity contribution in [2.75, 3.05) is 10.8 Å². The van der Waals surface area contributed by atoms with Gasteiger partial charge in [-0.2, -0.15) is 0 Å². The van der Waals surface area contributed by atoms with Crippen LogP contribution in [0.25, 0.3) is 0 Å². The summed E-state index contributed by atoms with van der Waals surface area (Å²) < 4.78 is 0. The second-order valence-electron chi connectivity index (χ2n) is 3.77. The molecule has 0 aliphatic heterocycles. The molecule has 0 heterocycles. The normalized spacial score (nSPS) is 10.1. The molecule has 2 aromatic carbocycles. The Morgan fingerprint density at radius 2 is 1.56 bits per heavy atom. The van der Waals surface area contributed by atoms with Crippen molar-refractivity contribution in [2.45, 2.75) is 0 Å². The lowest BCUT2D eigenvalue weighted by Gasteiger charge is -2.24. The van der Waals surface area contributed by atoms with Gasteiger partial charge in [-0.05, 0) is 12.1 Å². The molecule has 0 spiro atoms. The molecule has 0 unspecified atom stereocenters. The van der Waals surface area contributed by atoms with Crippen molar-refractivity contribution in [3.8, 4) is 0 Å². The first-order chi connectivity index (χ1) is 8.83. The predicted molar refractivity (Wildman–Crippen MR) is 78.8 cm³/mol. The van der Waals surface area contributed by atoms with E-state index in [0.29, 0.717) is 11.7 Å². The fraction of sp³-hybridized carbons (Fsp3) is 0.0714. The van der Waals surface area contributed by atoms with Crippen LogP contribution in [-0.4, -0.2) is 11.7 Å². The van der Waals surface area contributed by atoms with Crippen LogP contribution in [0.5, 0.6) is 0 Å². The molecule has 2 aromatic rings. The summed E-state index contributed by atoms with van der Waals surface area (Å²) in [7, 11) is 0. The average Bonchev–Trinajstić information content (AvgIpc) is 2.46. The molecule has 0 bridgehead atoms. The first-order valence-electron chi connectivity index (χ1n) is 5.61. The summed E-state index contributed by atoms with van der Waals surface area (Å²) in [6.07, 6.45) is 0. The SMILES string of the molecule is N=C(c1ccccc1)N(CSN)c1ccccc1. The molecule has 0 fully saturated rings. The zero-order chi connectivity index (χ0) is 12.8. The number of nitrogens with one attached hydrogen (secondary N) is 1. The molecule has 0 saturated carbocycles. The topological polar surface area (TPSA) is 53.1 Å². The summed E-state index contributed by atoms with van der Waals surface area (Å²) in [4.78, 5) is 1.89. The first kappa shape index (κ1) is 12.7. The van der Waals surface area contributed by atoms with E-state index in [-0.39, 0.29) is 0 Å². The van der Waals surface area contributed by atoms with Gasteiger partial charge in [0.05, 0.1) is 5.88 Å². The van der Waals surface area contributed by atoms with Crippen molar-refractivity contribution < 1.29 is 0 Å². The number of anilines is 1. The lowest BCUT2D eigenvalue weighted by molar-refractivity contribution is 1.19. The number of rotatable bonds is 4. The van der Waals surface area contributed by atoms with Gasteiger partial charge in [-0.1, -0.05) is 60.5 Å². The zero-order valence-electron chi connectivity index (χ0n) is 9.91. The van der Waals surface area contributed by atoms with Crippen molar-refractivity contribution in [1.82, 2.24) is 0 Å². The van der Waals surface area contributed by atoms with E-state index in [9.17, 15) is 0 Å². The Balaban J connectivity index is 2.29. The maximum atomic E-state index is 8.28. The second-order valence-corrected chi connectivity index (χ2v) is 4.37. The van der Waals surface area contributed by atoms with Gasteiger partial charge in [0.15, 0.2) is 0 Å². The van der Waals surface area contributed by atoms with Crippen LogP contribution < -0.4 is 10.0 Å². The molecular formula is C14H15N3S. The van der Waals surface area contributed by atoms with Crippen molar-refractivity contribution in [1.29, 1.82) is 5.41 Å². The molecule has 0 amide bonds. The highest BCUT2D eigenvalue weighted by Gasteiger charge is 2.12. The van der Waals surface area contributed by atoms with Crippen LogP contribution in [0, 0.1) is 5.41 Å². The van der Waals surface area contributed by atoms with Crippen molar-refractivity contribution >= 4 is 23.5 Å². The van der Waals surface area contributed by atoms with Gasteiger partial charge in [0.1, 0.15) is 5.84 Å². The fourth-order valence-corrected chi connectivity index (χ4v) is 2.13. The van der Waals surface area contributed by atoms with Gasteiger partial charge in [0, 0.05) is 11.3 Å². The highest BCUT2D eigenvalue weighted by molar-refractivity contribution is 7.97. The van der Waals surface area contributed by atoms with Crippen LogP contribution in [0.4, 0.5) is 5.69 Å². The Hall–Kier alpha value is -1.78. The number of nitrogens with zero attached hydrogens (tertiary/aromatic N) is 1. The molecule has 0 radical (unpaired) electrons. The summed E-state index contributed by atoms with van der Waals surface area (Å²) in [5.41, 5.74) is 1.86. The van der Waals surface area contributed by atoms with E-state index in [1.807, 2.05) is 65.6 Å². The number of amidine groups is 1. The molecule has 0 aliphatic rings. The van der Waals surface area contributed by atoms with Gasteiger partial charge in [0.25, 0.3) is 0 Å². The van der Waals surface area contributed by atoms with Crippen LogP contribution in [0.2, 0.25) is 0 Å². The van der Waals surface area contributed by atoms with Gasteiger partial charge in [-0.25, -0.2) is 0 Å². The molecule has 18 heavy (non-hydrogen) atoms. The summed E-state index contributed by atoms with van der Waals surface area (Å²) in [5.74, 6) is 1.01. The molecule has 92 valence electrons. The summed E-state index contributed by atoms with van der Waals surface area (Å²) in [5, 5.41) is 13.8. The number of para-hydroxylation sites is 1. The van der Waals surface area contributed by atoms with E-state index in [4.69, 9.17) is 10.5 Å². The maximum Gasteiger partial charge on any atom is 0.133 e. The Morgan fingerprint density at radius 1 is 1.00 bits per heavy atom. The van der Waals surface area contributed by atoms with Crippen LogP contribution in [0.3, 0.4) is 0 Å². The average molecular weight is 257 g/mol. The first-order valence-corrected chi connectivity index (χ1v) is 6.66. The minimum Gasteiger partial charge on any atom is -0.315 e. The van der Waals surface area contributed by atoms with E-state index in [2.05, 4.69) is 0 Å². The van der Waals surface area contributed by atoms with Gasteiger partial charge in [-0.15, -0.1) is 0 Å². The predicted octanol–water partition coefficient (Wildman–Crippen LogP) is 3.08. The van der Waals surface area contributed by atoms with Crippen molar-refractivity contribution in [2.24, 2.45) is 5.14 Å². The molecule has 0 aliphatic carbocycles. The zero-order valence-corrected chi connectivity index (χ0v) is 10.7. The monoisotopic (exact) mass is 257 g/mol. The molecule has 3 nitrogen and oxygen atoms in total. The van der Waals surface area contributed by atoms with Crippen LogP contribution >= 0.6 is 11.9 Å². The molecule has 0 atom stereocenters. The summed E-state index contributed by atoms with van der Waals surface area (Å²) in [6.45, 7) is 0. The van der Waals surface area contributed by atoms with Gasteiger partial charge >= 0.3 is 0 Å². The van der Waals surface area contributed by atoms with Crippen LogP contribution in [-0.2, 0) is 0 Å². The Morgan fingerprint density at radius 3 is 2.11 bits per heavy atom. The standard InChI is InChI=1S/C14H15N3S/c15-14(12-7-3-1-4-8-12)17(11-18-16)13-9-5-2-6-10-13/h1-10,15H,11,16H2. The third-order valence-corrected chi connectivity index (χ3v) is 3.00. The highest BCUT2D eigenvalue weighted by atomic mass is 32.2. The Kier molecular flexibility index (Phi) is 4.39. The van der Waals surface area contributed by atoms with Crippen LogP contribution in [0.15, 0.2) is 60.7 Å². The van der Waals surface area contributed by atoms with E-state index in [1.54, 1.807) is 0 Å². The fourth-order valence-electron chi connectivity index (χ4n) is 1.70. The Bertz CT molecular complexity index is 499. The van der Waals surface area contributed by atoms with E-state index < -0.39 is 0 Å².